The molecule has 4 aromatic carbocycles. The van der Waals surface area contributed by atoms with Gasteiger partial charge in [-0.05, 0) is 59.4 Å². The number of anilines is 1. The number of piperidine rings is 1. The van der Waals surface area contributed by atoms with E-state index in [9.17, 15) is 19.8 Å². The Bertz CT molecular complexity index is 1750. The molecule has 4 aromatic rings. The normalized spacial score (nSPS) is 21.0. The Morgan fingerprint density at radius 2 is 1.65 bits per heavy atom. The van der Waals surface area contributed by atoms with Crippen LogP contribution < -0.4 is 10.6 Å². The molecule has 2 heterocycles. The van der Waals surface area contributed by atoms with E-state index in [1.54, 1.807) is 12.1 Å². The monoisotopic (exact) mass is 713 g/mol. The van der Waals surface area contributed by atoms with Crippen molar-refractivity contribution in [2.24, 2.45) is 0 Å². The molecule has 2 aliphatic rings. The molecule has 0 spiro atoms. The number of halogens is 1. The van der Waals surface area contributed by atoms with Crippen LogP contribution in [0.4, 0.5) is 10.5 Å². The van der Waals surface area contributed by atoms with Crippen molar-refractivity contribution in [1.82, 2.24) is 10.2 Å². The van der Waals surface area contributed by atoms with Gasteiger partial charge >= 0.3 is 12.0 Å². The Morgan fingerprint density at radius 3 is 2.33 bits per heavy atom. The first-order chi connectivity index (χ1) is 24.7. The number of esters is 1. The summed E-state index contributed by atoms with van der Waals surface area (Å²) in [6.07, 6.45) is 0.875. The summed E-state index contributed by atoms with van der Waals surface area (Å²) in [6.45, 7) is 2.01. The van der Waals surface area contributed by atoms with Gasteiger partial charge in [-0.15, -0.1) is 0 Å². The lowest BCUT2D eigenvalue weighted by Gasteiger charge is -2.42. The Morgan fingerprint density at radius 1 is 0.922 bits per heavy atom. The van der Waals surface area contributed by atoms with Crippen molar-refractivity contribution in [1.29, 1.82) is 0 Å². The minimum atomic E-state index is -0.907. The Balaban J connectivity index is 1.14. The van der Waals surface area contributed by atoms with Gasteiger partial charge in [0.05, 0.1) is 31.5 Å². The first kappa shape index (κ1) is 36.5. The van der Waals surface area contributed by atoms with E-state index in [1.165, 1.54) is 7.11 Å². The van der Waals surface area contributed by atoms with E-state index in [4.69, 9.17) is 25.8 Å². The molecule has 0 aromatic heterocycles. The number of carbonyl (C=O) groups excluding carboxylic acids is 2. The number of aliphatic hydroxyl groups is 2. The van der Waals surface area contributed by atoms with Crippen LogP contribution >= 0.6 is 11.6 Å². The van der Waals surface area contributed by atoms with Crippen molar-refractivity contribution in [3.8, 4) is 0 Å². The maximum atomic E-state index is 13.1. The number of carbonyl (C=O) groups is 2. The Kier molecular flexibility index (Phi) is 12.0. The van der Waals surface area contributed by atoms with E-state index in [0.29, 0.717) is 49.6 Å². The molecule has 0 saturated carbocycles. The van der Waals surface area contributed by atoms with E-state index in [-0.39, 0.29) is 25.2 Å². The van der Waals surface area contributed by atoms with Crippen molar-refractivity contribution in [3.63, 3.8) is 0 Å². The fourth-order valence-electron chi connectivity index (χ4n) is 6.75. The first-order valence-corrected chi connectivity index (χ1v) is 17.6. The molecule has 0 bridgehead atoms. The zero-order valence-electron chi connectivity index (χ0n) is 28.5. The molecule has 4 unspecified atom stereocenters. The van der Waals surface area contributed by atoms with Crippen LogP contribution in [0.15, 0.2) is 103 Å². The SMILES string of the molecule is COC(=O)C(Cc1ccccc1)NC(=O)Nc1cccc(C2OC(CN3CCC(O)(c4ccc(Cl)cc4)CC3)CC(c3ccc(CO)cc3)O2)c1. The van der Waals surface area contributed by atoms with Crippen molar-refractivity contribution >= 4 is 29.3 Å². The van der Waals surface area contributed by atoms with Gasteiger partial charge in [0.2, 0.25) is 0 Å². The van der Waals surface area contributed by atoms with E-state index in [0.717, 1.165) is 27.8 Å². The maximum Gasteiger partial charge on any atom is 0.328 e. The summed E-state index contributed by atoms with van der Waals surface area (Å²) in [5, 5.41) is 27.2. The molecule has 2 saturated heterocycles. The highest BCUT2D eigenvalue weighted by Gasteiger charge is 2.37. The number of amides is 2. The standard InChI is InChI=1S/C40H44ClN3O7/c1-49-37(46)35(22-27-6-3-2-4-7-27)43-39(47)42-33-9-5-8-30(23-33)38-50-34(24-36(51-38)29-12-10-28(26-45)11-13-29)25-44-20-18-40(48,19-21-44)31-14-16-32(41)17-15-31/h2-17,23,34-36,38,45,48H,18-22,24-26H2,1H3,(H2,42,43,47). The molecule has 2 fully saturated rings. The Labute approximate surface area is 303 Å². The van der Waals surface area contributed by atoms with E-state index < -0.39 is 29.9 Å². The highest BCUT2D eigenvalue weighted by Crippen LogP contribution is 2.40. The number of rotatable bonds is 11. The molecule has 0 aliphatic carbocycles. The fraction of sp³-hybridized carbons (Fsp3) is 0.350. The number of likely N-dealkylation sites (tertiary alicyclic amines) is 1. The largest absolute Gasteiger partial charge is 0.467 e. The number of methoxy groups -OCH3 is 1. The quantitative estimate of drug-likeness (QED) is 0.134. The smallest absolute Gasteiger partial charge is 0.328 e. The van der Waals surface area contributed by atoms with Gasteiger partial charge in [-0.2, -0.15) is 0 Å². The molecule has 2 aliphatic heterocycles. The third-order valence-corrected chi connectivity index (χ3v) is 9.88. The summed E-state index contributed by atoms with van der Waals surface area (Å²) >= 11 is 6.08. The summed E-state index contributed by atoms with van der Waals surface area (Å²) in [5.41, 5.74) is 3.87. The molecular weight excluding hydrogens is 670 g/mol. The van der Waals surface area contributed by atoms with E-state index >= 15 is 0 Å². The van der Waals surface area contributed by atoms with Gasteiger partial charge in [0.25, 0.3) is 0 Å². The second-order valence-electron chi connectivity index (χ2n) is 13.2. The summed E-state index contributed by atoms with van der Waals surface area (Å²) in [6, 6.07) is 30.4. The molecule has 0 radical (unpaired) electrons. The number of nitrogens with zero attached hydrogens (tertiary/aromatic N) is 1. The van der Waals surface area contributed by atoms with Gasteiger partial charge in [-0.3, -0.25) is 0 Å². The van der Waals surface area contributed by atoms with Gasteiger partial charge in [0.15, 0.2) is 6.29 Å². The molecule has 10 nitrogen and oxygen atoms in total. The first-order valence-electron chi connectivity index (χ1n) is 17.2. The zero-order valence-corrected chi connectivity index (χ0v) is 29.3. The number of benzene rings is 4. The molecular formula is C40H44ClN3O7. The topological polar surface area (TPSA) is 130 Å². The summed E-state index contributed by atoms with van der Waals surface area (Å²) in [4.78, 5) is 27.9. The molecule has 4 N–H and O–H groups in total. The van der Waals surface area contributed by atoms with Crippen LogP contribution in [0.25, 0.3) is 0 Å². The number of hydrogen-bond acceptors (Lipinski definition) is 8. The molecule has 4 atom stereocenters. The lowest BCUT2D eigenvalue weighted by Crippen LogP contribution is -2.46. The average Bonchev–Trinajstić information content (AvgIpc) is 3.16. The third kappa shape index (κ3) is 9.53. The number of aliphatic hydroxyl groups excluding tert-OH is 1. The van der Waals surface area contributed by atoms with Crippen LogP contribution in [0.1, 0.15) is 59.5 Å². The second-order valence-corrected chi connectivity index (χ2v) is 13.6. The van der Waals surface area contributed by atoms with Gasteiger partial charge < -0.3 is 40.0 Å². The van der Waals surface area contributed by atoms with Crippen molar-refractivity contribution < 1.29 is 34.0 Å². The maximum absolute atomic E-state index is 13.1. The second kappa shape index (κ2) is 16.8. The van der Waals surface area contributed by atoms with Crippen LogP contribution in [-0.4, -0.2) is 66.0 Å². The number of ether oxygens (including phenoxy) is 3. The van der Waals surface area contributed by atoms with Crippen molar-refractivity contribution in [3.05, 3.63) is 136 Å². The molecule has 6 rings (SSSR count). The Hall–Kier alpha value is -4.29. The summed E-state index contributed by atoms with van der Waals surface area (Å²) in [7, 11) is 1.29. The predicted octanol–water partition coefficient (Wildman–Crippen LogP) is 6.27. The predicted molar refractivity (Wildman–Crippen MR) is 194 cm³/mol. The highest BCUT2D eigenvalue weighted by atomic mass is 35.5. The minimum Gasteiger partial charge on any atom is -0.467 e. The van der Waals surface area contributed by atoms with Crippen LogP contribution in [-0.2, 0) is 37.6 Å². The molecule has 51 heavy (non-hydrogen) atoms. The zero-order chi connectivity index (χ0) is 35.8. The lowest BCUT2D eigenvalue weighted by molar-refractivity contribution is -0.253. The van der Waals surface area contributed by atoms with Gasteiger partial charge in [0, 0.05) is 48.7 Å². The van der Waals surface area contributed by atoms with Gasteiger partial charge in [-0.1, -0.05) is 90.5 Å². The third-order valence-electron chi connectivity index (χ3n) is 9.63. The van der Waals surface area contributed by atoms with E-state index in [1.807, 2.05) is 91.0 Å². The average molecular weight is 714 g/mol. The summed E-state index contributed by atoms with van der Waals surface area (Å²) < 4.78 is 18.1. The van der Waals surface area contributed by atoms with Crippen molar-refractivity contribution in [2.75, 3.05) is 32.1 Å². The van der Waals surface area contributed by atoms with Crippen LogP contribution in [0.5, 0.6) is 0 Å². The van der Waals surface area contributed by atoms with Crippen LogP contribution in [0.3, 0.4) is 0 Å². The number of nitrogens with one attached hydrogen (secondary N) is 2. The number of hydrogen-bond donors (Lipinski definition) is 4. The van der Waals surface area contributed by atoms with Gasteiger partial charge in [-0.25, -0.2) is 9.59 Å². The van der Waals surface area contributed by atoms with Gasteiger partial charge in [0.1, 0.15) is 6.04 Å². The molecule has 268 valence electrons. The van der Waals surface area contributed by atoms with E-state index in [2.05, 4.69) is 15.5 Å². The van der Waals surface area contributed by atoms with Crippen LogP contribution in [0, 0.1) is 0 Å². The molecule has 2 amide bonds. The summed E-state index contributed by atoms with van der Waals surface area (Å²) in [5.74, 6) is -0.542. The number of urea groups is 1. The van der Waals surface area contributed by atoms with Crippen LogP contribution in [0.2, 0.25) is 5.02 Å². The fourth-order valence-corrected chi connectivity index (χ4v) is 6.88. The lowest BCUT2D eigenvalue weighted by atomic mass is 9.84. The highest BCUT2D eigenvalue weighted by molar-refractivity contribution is 6.30. The molecule has 11 heteroatoms. The van der Waals surface area contributed by atoms with Crippen molar-refractivity contribution in [2.45, 2.75) is 62.4 Å². The minimum absolute atomic E-state index is 0.0442.